The molecule has 1 saturated heterocycles. The van der Waals surface area contributed by atoms with Crippen molar-refractivity contribution in [2.75, 3.05) is 19.8 Å². The van der Waals surface area contributed by atoms with Gasteiger partial charge >= 0.3 is 0 Å². The fraction of sp³-hybridized carbons (Fsp3) is 0.320. The average Bonchev–Trinajstić information content (AvgIpc) is 3.23. The van der Waals surface area contributed by atoms with Crippen molar-refractivity contribution in [1.82, 2.24) is 9.88 Å². The summed E-state index contributed by atoms with van der Waals surface area (Å²) in [4.78, 5) is 6.84. The van der Waals surface area contributed by atoms with Crippen molar-refractivity contribution < 1.29 is 9.47 Å². The molecule has 2 aliphatic rings. The van der Waals surface area contributed by atoms with Crippen LogP contribution in [0.25, 0.3) is 11.1 Å². The molecule has 0 radical (unpaired) electrons. The van der Waals surface area contributed by atoms with Crippen LogP contribution in [-0.4, -0.2) is 29.6 Å². The summed E-state index contributed by atoms with van der Waals surface area (Å²) in [6.07, 6.45) is 6.15. The molecule has 3 heterocycles. The molecule has 1 atom stereocenters. The van der Waals surface area contributed by atoms with E-state index in [1.54, 1.807) is 0 Å². The van der Waals surface area contributed by atoms with E-state index < -0.39 is 0 Å². The van der Waals surface area contributed by atoms with Crippen LogP contribution in [-0.2, 0) is 6.54 Å². The molecule has 0 spiro atoms. The van der Waals surface area contributed by atoms with Gasteiger partial charge in [0.15, 0.2) is 11.5 Å². The number of benzene rings is 2. The normalized spacial score (nSPS) is 18.7. The third kappa shape index (κ3) is 3.73. The van der Waals surface area contributed by atoms with Crippen LogP contribution in [0.4, 0.5) is 0 Å². The van der Waals surface area contributed by atoms with Gasteiger partial charge in [0.05, 0.1) is 0 Å². The lowest BCUT2D eigenvalue weighted by atomic mass is 9.99. The first kappa shape index (κ1) is 18.2. The molecule has 0 unspecified atom stereocenters. The molecule has 0 N–H and O–H groups in total. The Balaban J connectivity index is 1.36. The highest BCUT2D eigenvalue weighted by atomic mass is 16.6. The van der Waals surface area contributed by atoms with E-state index in [4.69, 9.17) is 9.47 Å². The number of pyridine rings is 1. The van der Waals surface area contributed by atoms with Crippen LogP contribution in [0.2, 0.25) is 0 Å². The van der Waals surface area contributed by atoms with Crippen LogP contribution in [0.1, 0.15) is 35.6 Å². The second-order valence-electron chi connectivity index (χ2n) is 7.91. The fourth-order valence-electron chi connectivity index (χ4n) is 4.47. The lowest BCUT2D eigenvalue weighted by Gasteiger charge is -2.27. The topological polar surface area (TPSA) is 34.6 Å². The van der Waals surface area contributed by atoms with Gasteiger partial charge < -0.3 is 9.47 Å². The first-order valence-corrected chi connectivity index (χ1v) is 10.4. The van der Waals surface area contributed by atoms with Gasteiger partial charge in [-0.1, -0.05) is 30.3 Å². The van der Waals surface area contributed by atoms with Gasteiger partial charge in [-0.3, -0.25) is 9.88 Å². The van der Waals surface area contributed by atoms with Crippen molar-refractivity contribution in [2.45, 2.75) is 32.4 Å². The van der Waals surface area contributed by atoms with Crippen molar-refractivity contribution in [2.24, 2.45) is 0 Å². The molecule has 0 aliphatic carbocycles. The molecule has 148 valence electrons. The Hall–Kier alpha value is -2.85. The van der Waals surface area contributed by atoms with Gasteiger partial charge in [-0.2, -0.15) is 0 Å². The SMILES string of the molecule is Cc1cc(-c2cccnc2)ccc1CN1CCC[C@@H]1c1ccc2c(c1)OCCO2. The summed E-state index contributed by atoms with van der Waals surface area (Å²) < 4.78 is 11.5. The minimum Gasteiger partial charge on any atom is -0.486 e. The molecule has 0 amide bonds. The summed E-state index contributed by atoms with van der Waals surface area (Å²) in [6, 6.07) is 17.7. The standard InChI is InChI=1S/C25H26N2O2/c1-18-14-19(21-4-2-10-26-16-21)6-7-22(18)17-27-11-3-5-23(27)20-8-9-24-25(15-20)29-13-12-28-24/h2,4,6-10,14-16,23H,3,5,11-13,17H2,1H3/t23-/m1/s1. The Labute approximate surface area is 172 Å². The van der Waals surface area contributed by atoms with E-state index in [-0.39, 0.29) is 0 Å². The van der Waals surface area contributed by atoms with Crippen LogP contribution < -0.4 is 9.47 Å². The minimum absolute atomic E-state index is 0.434. The molecule has 5 rings (SSSR count). The number of hydrogen-bond acceptors (Lipinski definition) is 4. The van der Waals surface area contributed by atoms with Gasteiger partial charge in [0.25, 0.3) is 0 Å². The van der Waals surface area contributed by atoms with E-state index in [1.807, 2.05) is 18.5 Å². The molecule has 4 heteroatoms. The van der Waals surface area contributed by atoms with Crippen LogP contribution in [0, 0.1) is 6.92 Å². The molecule has 0 saturated carbocycles. The molecular formula is C25H26N2O2. The zero-order valence-electron chi connectivity index (χ0n) is 16.8. The molecule has 2 aliphatic heterocycles. The largest absolute Gasteiger partial charge is 0.486 e. The van der Waals surface area contributed by atoms with Gasteiger partial charge in [0.2, 0.25) is 0 Å². The Kier molecular flexibility index (Phi) is 4.94. The van der Waals surface area contributed by atoms with Gasteiger partial charge in [-0.05, 0) is 72.3 Å². The maximum absolute atomic E-state index is 5.80. The summed E-state index contributed by atoms with van der Waals surface area (Å²) in [7, 11) is 0. The maximum atomic E-state index is 5.80. The van der Waals surface area contributed by atoms with Crippen molar-refractivity contribution >= 4 is 0 Å². The number of hydrogen-bond donors (Lipinski definition) is 0. The fourth-order valence-corrected chi connectivity index (χ4v) is 4.47. The van der Waals surface area contributed by atoms with Crippen LogP contribution in [0.15, 0.2) is 60.9 Å². The van der Waals surface area contributed by atoms with Crippen molar-refractivity contribution in [3.8, 4) is 22.6 Å². The lowest BCUT2D eigenvalue weighted by Crippen LogP contribution is -2.23. The first-order chi connectivity index (χ1) is 14.3. The Morgan fingerprint density at radius 1 is 1.00 bits per heavy atom. The Morgan fingerprint density at radius 3 is 2.72 bits per heavy atom. The van der Waals surface area contributed by atoms with E-state index in [1.165, 1.54) is 35.1 Å². The zero-order chi connectivity index (χ0) is 19.6. The Bertz CT molecular complexity index is 1000. The van der Waals surface area contributed by atoms with Crippen molar-refractivity contribution in [3.05, 3.63) is 77.6 Å². The minimum atomic E-state index is 0.434. The van der Waals surface area contributed by atoms with Crippen LogP contribution in [0.3, 0.4) is 0 Å². The van der Waals surface area contributed by atoms with E-state index in [0.29, 0.717) is 19.3 Å². The molecule has 29 heavy (non-hydrogen) atoms. The van der Waals surface area contributed by atoms with E-state index in [0.717, 1.165) is 30.2 Å². The number of fused-ring (bicyclic) bond motifs is 1. The smallest absolute Gasteiger partial charge is 0.161 e. The maximum Gasteiger partial charge on any atom is 0.161 e. The predicted molar refractivity (Wildman–Crippen MR) is 114 cm³/mol. The quantitative estimate of drug-likeness (QED) is 0.620. The van der Waals surface area contributed by atoms with Crippen LogP contribution in [0.5, 0.6) is 11.5 Å². The first-order valence-electron chi connectivity index (χ1n) is 10.4. The predicted octanol–water partition coefficient (Wildman–Crippen LogP) is 5.17. The molecule has 3 aromatic rings. The van der Waals surface area contributed by atoms with Gasteiger partial charge in [0, 0.05) is 25.0 Å². The van der Waals surface area contributed by atoms with Crippen LogP contribution >= 0.6 is 0 Å². The Morgan fingerprint density at radius 2 is 1.90 bits per heavy atom. The van der Waals surface area contributed by atoms with Crippen molar-refractivity contribution in [1.29, 1.82) is 0 Å². The van der Waals surface area contributed by atoms with E-state index in [2.05, 4.69) is 59.3 Å². The number of likely N-dealkylation sites (tertiary alicyclic amines) is 1. The number of ether oxygens (including phenoxy) is 2. The average molecular weight is 386 g/mol. The number of rotatable bonds is 4. The highest BCUT2D eigenvalue weighted by molar-refractivity contribution is 5.63. The summed E-state index contributed by atoms with van der Waals surface area (Å²) in [5.41, 5.74) is 6.44. The molecular weight excluding hydrogens is 360 g/mol. The number of aromatic nitrogens is 1. The summed E-state index contributed by atoms with van der Waals surface area (Å²) in [5.74, 6) is 1.75. The van der Waals surface area contributed by atoms with Gasteiger partial charge in [0.1, 0.15) is 13.2 Å². The highest BCUT2D eigenvalue weighted by Gasteiger charge is 2.27. The van der Waals surface area contributed by atoms with Gasteiger partial charge in [-0.15, -0.1) is 0 Å². The third-order valence-electron chi connectivity index (χ3n) is 6.03. The second kappa shape index (κ2) is 7.88. The number of nitrogens with zero attached hydrogens (tertiary/aromatic N) is 2. The highest BCUT2D eigenvalue weighted by Crippen LogP contribution is 2.39. The van der Waals surface area contributed by atoms with E-state index >= 15 is 0 Å². The number of aryl methyl sites for hydroxylation is 1. The summed E-state index contributed by atoms with van der Waals surface area (Å²) in [6.45, 7) is 5.58. The molecule has 1 fully saturated rings. The molecule has 0 bridgehead atoms. The molecule has 1 aromatic heterocycles. The zero-order valence-corrected chi connectivity index (χ0v) is 16.8. The molecule has 4 nitrogen and oxygen atoms in total. The second-order valence-corrected chi connectivity index (χ2v) is 7.91. The monoisotopic (exact) mass is 386 g/mol. The van der Waals surface area contributed by atoms with Gasteiger partial charge in [-0.25, -0.2) is 0 Å². The third-order valence-corrected chi connectivity index (χ3v) is 6.03. The lowest BCUT2D eigenvalue weighted by molar-refractivity contribution is 0.170. The summed E-state index contributed by atoms with van der Waals surface area (Å²) in [5, 5.41) is 0. The van der Waals surface area contributed by atoms with E-state index in [9.17, 15) is 0 Å². The molecule has 2 aromatic carbocycles. The van der Waals surface area contributed by atoms with Crippen molar-refractivity contribution in [3.63, 3.8) is 0 Å². The summed E-state index contributed by atoms with van der Waals surface area (Å²) >= 11 is 0.